The van der Waals surface area contributed by atoms with Crippen molar-refractivity contribution >= 4 is 0 Å². The molecule has 0 amide bonds. The van der Waals surface area contributed by atoms with Crippen LogP contribution in [-0.4, -0.2) is 4.57 Å². The Bertz CT molecular complexity index is 224. The first-order chi connectivity index (χ1) is 5.40. The maximum absolute atomic E-state index is 3.40. The first-order valence-corrected chi connectivity index (χ1v) is 4.50. The fraction of sp³-hybridized carbons (Fsp3) is 0.600. The van der Waals surface area contributed by atoms with Crippen molar-refractivity contribution in [2.24, 2.45) is 0 Å². The Hall–Kier alpha value is -0.720. The molecule has 0 N–H and O–H groups in total. The summed E-state index contributed by atoms with van der Waals surface area (Å²) in [5.41, 5.74) is 3.01. The summed E-state index contributed by atoms with van der Waals surface area (Å²) in [6, 6.07) is 0. The second kappa shape index (κ2) is 2.72. The summed E-state index contributed by atoms with van der Waals surface area (Å²) in [4.78, 5) is 0. The Morgan fingerprint density at radius 1 is 1.45 bits per heavy atom. The third kappa shape index (κ3) is 1.20. The van der Waals surface area contributed by atoms with Gasteiger partial charge in [-0.25, -0.2) is 0 Å². The zero-order chi connectivity index (χ0) is 7.68. The van der Waals surface area contributed by atoms with E-state index in [1.807, 2.05) is 0 Å². The SMILES string of the molecule is CCn1[c]c2c(c1)CCCC2. The normalized spacial score (nSPS) is 16.5. The standard InChI is InChI=1S/C10H14N/c1-2-11-7-9-5-3-4-6-10(9)8-11/h7H,2-6H2,1H3. The summed E-state index contributed by atoms with van der Waals surface area (Å²) < 4.78 is 2.18. The molecule has 2 rings (SSSR count). The van der Waals surface area contributed by atoms with Gasteiger partial charge < -0.3 is 4.57 Å². The molecule has 1 aromatic heterocycles. The number of aromatic nitrogens is 1. The first-order valence-electron chi connectivity index (χ1n) is 4.50. The van der Waals surface area contributed by atoms with E-state index in [0.29, 0.717) is 0 Å². The molecule has 0 bridgehead atoms. The lowest BCUT2D eigenvalue weighted by Crippen LogP contribution is -1.97. The molecule has 59 valence electrons. The van der Waals surface area contributed by atoms with E-state index < -0.39 is 0 Å². The van der Waals surface area contributed by atoms with Crippen LogP contribution in [0, 0.1) is 6.20 Å². The molecule has 1 nitrogen and oxygen atoms in total. The van der Waals surface area contributed by atoms with Crippen LogP contribution >= 0.6 is 0 Å². The van der Waals surface area contributed by atoms with Crippen molar-refractivity contribution in [2.45, 2.75) is 39.2 Å². The molecule has 1 heteroatoms. The van der Waals surface area contributed by atoms with E-state index in [0.717, 1.165) is 6.54 Å². The predicted molar refractivity (Wildman–Crippen MR) is 45.6 cm³/mol. The molecule has 0 aromatic carbocycles. The predicted octanol–water partition coefficient (Wildman–Crippen LogP) is 2.19. The highest BCUT2D eigenvalue weighted by atomic mass is 14.9. The zero-order valence-electron chi connectivity index (χ0n) is 7.06. The van der Waals surface area contributed by atoms with Gasteiger partial charge in [-0.3, -0.25) is 0 Å². The first kappa shape index (κ1) is 6.96. The van der Waals surface area contributed by atoms with Crippen LogP contribution < -0.4 is 0 Å². The Morgan fingerprint density at radius 3 is 3.00 bits per heavy atom. The van der Waals surface area contributed by atoms with Crippen molar-refractivity contribution in [3.63, 3.8) is 0 Å². The molecule has 1 heterocycles. The molecular weight excluding hydrogens is 134 g/mol. The highest BCUT2D eigenvalue weighted by molar-refractivity contribution is 5.25. The van der Waals surface area contributed by atoms with Crippen LogP contribution in [0.3, 0.4) is 0 Å². The van der Waals surface area contributed by atoms with Gasteiger partial charge in [0.2, 0.25) is 0 Å². The average molecular weight is 148 g/mol. The largest absolute Gasteiger partial charge is 0.346 e. The Morgan fingerprint density at radius 2 is 2.27 bits per heavy atom. The van der Waals surface area contributed by atoms with Gasteiger partial charge in [0.1, 0.15) is 0 Å². The number of aryl methyl sites for hydroxylation is 3. The van der Waals surface area contributed by atoms with E-state index in [-0.39, 0.29) is 0 Å². The minimum absolute atomic E-state index is 1.06. The maximum atomic E-state index is 3.40. The van der Waals surface area contributed by atoms with Crippen molar-refractivity contribution in [2.75, 3.05) is 0 Å². The molecular formula is C10H14N. The Kier molecular flexibility index (Phi) is 1.72. The van der Waals surface area contributed by atoms with Gasteiger partial charge in [0.05, 0.1) is 6.20 Å². The number of hydrogen-bond donors (Lipinski definition) is 0. The van der Waals surface area contributed by atoms with E-state index in [9.17, 15) is 0 Å². The molecule has 11 heavy (non-hydrogen) atoms. The second-order valence-corrected chi connectivity index (χ2v) is 3.24. The number of hydrogen-bond acceptors (Lipinski definition) is 0. The summed E-state index contributed by atoms with van der Waals surface area (Å²) in [6.07, 6.45) is 10.9. The van der Waals surface area contributed by atoms with Crippen LogP contribution in [0.25, 0.3) is 0 Å². The molecule has 0 aliphatic heterocycles. The van der Waals surface area contributed by atoms with E-state index in [1.165, 1.54) is 36.8 Å². The van der Waals surface area contributed by atoms with Gasteiger partial charge in [-0.05, 0) is 43.7 Å². The van der Waals surface area contributed by atoms with Crippen LogP contribution in [0.1, 0.15) is 30.9 Å². The summed E-state index contributed by atoms with van der Waals surface area (Å²) in [5.74, 6) is 0. The summed E-state index contributed by atoms with van der Waals surface area (Å²) in [6.45, 7) is 3.23. The van der Waals surface area contributed by atoms with Gasteiger partial charge in [0, 0.05) is 12.7 Å². The van der Waals surface area contributed by atoms with Crippen LogP contribution in [0.15, 0.2) is 6.20 Å². The van der Waals surface area contributed by atoms with Gasteiger partial charge >= 0.3 is 0 Å². The van der Waals surface area contributed by atoms with E-state index >= 15 is 0 Å². The van der Waals surface area contributed by atoms with Gasteiger partial charge in [-0.15, -0.1) is 0 Å². The zero-order valence-corrected chi connectivity index (χ0v) is 7.06. The molecule has 0 fully saturated rings. The Balaban J connectivity index is 2.32. The maximum Gasteiger partial charge on any atom is 0.0686 e. The number of rotatable bonds is 1. The molecule has 1 radical (unpaired) electrons. The smallest absolute Gasteiger partial charge is 0.0686 e. The van der Waals surface area contributed by atoms with Gasteiger partial charge in [-0.1, -0.05) is 0 Å². The highest BCUT2D eigenvalue weighted by Gasteiger charge is 2.10. The molecule has 0 unspecified atom stereocenters. The van der Waals surface area contributed by atoms with Crippen LogP contribution in [-0.2, 0) is 19.4 Å². The van der Waals surface area contributed by atoms with Gasteiger partial charge in [-0.2, -0.15) is 0 Å². The lowest BCUT2D eigenvalue weighted by molar-refractivity contribution is 0.689. The fourth-order valence-corrected chi connectivity index (χ4v) is 1.76. The minimum atomic E-state index is 1.06. The minimum Gasteiger partial charge on any atom is -0.346 e. The van der Waals surface area contributed by atoms with Crippen molar-refractivity contribution in [3.05, 3.63) is 23.5 Å². The molecule has 0 saturated heterocycles. The monoisotopic (exact) mass is 148 g/mol. The lowest BCUT2D eigenvalue weighted by atomic mass is 9.96. The van der Waals surface area contributed by atoms with Crippen molar-refractivity contribution < 1.29 is 0 Å². The molecule has 1 aromatic rings. The van der Waals surface area contributed by atoms with E-state index in [1.54, 1.807) is 0 Å². The third-order valence-electron chi connectivity index (χ3n) is 2.44. The third-order valence-corrected chi connectivity index (χ3v) is 2.44. The Labute approximate surface area is 68.0 Å². The van der Waals surface area contributed by atoms with Crippen LogP contribution in [0.2, 0.25) is 0 Å². The lowest BCUT2D eigenvalue weighted by Gasteiger charge is -2.08. The topological polar surface area (TPSA) is 4.93 Å². The second-order valence-electron chi connectivity index (χ2n) is 3.24. The summed E-state index contributed by atoms with van der Waals surface area (Å²) in [7, 11) is 0. The molecule has 0 atom stereocenters. The molecule has 0 spiro atoms. The molecule has 1 aliphatic rings. The van der Waals surface area contributed by atoms with Crippen LogP contribution in [0.4, 0.5) is 0 Å². The van der Waals surface area contributed by atoms with E-state index in [4.69, 9.17) is 0 Å². The molecule has 1 aliphatic carbocycles. The number of nitrogens with zero attached hydrogens (tertiary/aromatic N) is 1. The quantitative estimate of drug-likeness (QED) is 0.575. The summed E-state index contributed by atoms with van der Waals surface area (Å²) in [5, 5.41) is 0. The number of fused-ring (bicyclic) bond motifs is 1. The van der Waals surface area contributed by atoms with Crippen molar-refractivity contribution in [3.8, 4) is 0 Å². The highest BCUT2D eigenvalue weighted by Crippen LogP contribution is 2.20. The fourth-order valence-electron chi connectivity index (χ4n) is 1.76. The van der Waals surface area contributed by atoms with Crippen molar-refractivity contribution in [1.82, 2.24) is 4.57 Å². The van der Waals surface area contributed by atoms with Gasteiger partial charge in [0.25, 0.3) is 0 Å². The van der Waals surface area contributed by atoms with E-state index in [2.05, 4.69) is 23.9 Å². The molecule has 0 saturated carbocycles. The average Bonchev–Trinajstić information content (AvgIpc) is 2.46. The van der Waals surface area contributed by atoms with Crippen LogP contribution in [0.5, 0.6) is 0 Å². The van der Waals surface area contributed by atoms with Crippen molar-refractivity contribution in [1.29, 1.82) is 0 Å². The summed E-state index contributed by atoms with van der Waals surface area (Å²) >= 11 is 0. The van der Waals surface area contributed by atoms with Gasteiger partial charge in [0.15, 0.2) is 0 Å².